The van der Waals surface area contributed by atoms with Crippen LogP contribution in [-0.2, 0) is 0 Å². The lowest BCUT2D eigenvalue weighted by Gasteiger charge is -2.17. The molecule has 0 heterocycles. The summed E-state index contributed by atoms with van der Waals surface area (Å²) in [5.74, 6) is 0. The average molecular weight is 311 g/mol. The van der Waals surface area contributed by atoms with Gasteiger partial charge in [0.05, 0.1) is 15.7 Å². The van der Waals surface area contributed by atoms with Crippen molar-refractivity contribution in [2.75, 3.05) is 5.32 Å². The fraction of sp³-hybridized carbons (Fsp3) is 0.455. The first kappa shape index (κ1) is 13.1. The Morgan fingerprint density at radius 2 is 1.87 bits per heavy atom. The molecule has 1 aromatic carbocycles. The molecule has 0 aliphatic rings. The van der Waals surface area contributed by atoms with Crippen LogP contribution in [0.4, 0.5) is 5.69 Å². The third-order valence-electron chi connectivity index (χ3n) is 2.12. The molecule has 1 rings (SSSR count). The zero-order valence-electron chi connectivity index (χ0n) is 8.78. The highest BCUT2D eigenvalue weighted by Crippen LogP contribution is 2.34. The smallest absolute Gasteiger partial charge is 0.0721 e. The third kappa shape index (κ3) is 3.86. The lowest BCUT2D eigenvalue weighted by Crippen LogP contribution is -2.15. The molecule has 0 bridgehead atoms. The van der Waals surface area contributed by atoms with E-state index in [1.807, 2.05) is 12.1 Å². The molecular formula is C11H14BrCl2N. The van der Waals surface area contributed by atoms with E-state index in [9.17, 15) is 0 Å². The molecule has 0 spiro atoms. The largest absolute Gasteiger partial charge is 0.380 e. The summed E-state index contributed by atoms with van der Waals surface area (Å²) >= 11 is 15.6. The Bertz CT molecular complexity index is 318. The summed E-state index contributed by atoms with van der Waals surface area (Å²) in [6.45, 7) is 4.28. The van der Waals surface area contributed by atoms with Gasteiger partial charge in [-0.15, -0.1) is 0 Å². The van der Waals surface area contributed by atoms with Crippen LogP contribution in [0.3, 0.4) is 0 Å². The van der Waals surface area contributed by atoms with Crippen LogP contribution in [0.25, 0.3) is 0 Å². The predicted molar refractivity (Wildman–Crippen MR) is 72.2 cm³/mol. The summed E-state index contributed by atoms with van der Waals surface area (Å²) in [7, 11) is 0. The summed E-state index contributed by atoms with van der Waals surface area (Å²) in [4.78, 5) is 0. The summed E-state index contributed by atoms with van der Waals surface area (Å²) in [6, 6.07) is 4.06. The van der Waals surface area contributed by atoms with Crippen LogP contribution in [-0.4, -0.2) is 6.04 Å². The van der Waals surface area contributed by atoms with Crippen molar-refractivity contribution in [3.63, 3.8) is 0 Å². The first-order valence-electron chi connectivity index (χ1n) is 4.95. The molecule has 1 unspecified atom stereocenters. The van der Waals surface area contributed by atoms with Crippen molar-refractivity contribution >= 4 is 44.8 Å². The molecule has 84 valence electrons. The Labute approximate surface area is 109 Å². The fourth-order valence-corrected chi connectivity index (χ4v) is 2.75. The first-order valence-corrected chi connectivity index (χ1v) is 6.50. The maximum Gasteiger partial charge on any atom is 0.0721 e. The van der Waals surface area contributed by atoms with E-state index in [1.54, 1.807) is 0 Å². The van der Waals surface area contributed by atoms with Crippen molar-refractivity contribution in [3.8, 4) is 0 Å². The van der Waals surface area contributed by atoms with Gasteiger partial charge in [-0.05, 0) is 25.5 Å². The monoisotopic (exact) mass is 309 g/mol. The minimum atomic E-state index is 0.381. The molecule has 1 nitrogen and oxygen atoms in total. The highest BCUT2D eigenvalue weighted by molar-refractivity contribution is 9.10. The molecule has 0 aliphatic heterocycles. The van der Waals surface area contributed by atoms with Crippen molar-refractivity contribution in [3.05, 3.63) is 26.7 Å². The van der Waals surface area contributed by atoms with Crippen molar-refractivity contribution in [1.29, 1.82) is 0 Å². The Hall–Kier alpha value is 0.0800. The molecule has 0 radical (unpaired) electrons. The zero-order chi connectivity index (χ0) is 11.4. The van der Waals surface area contributed by atoms with E-state index in [-0.39, 0.29) is 0 Å². The summed E-state index contributed by atoms with van der Waals surface area (Å²) in [5.41, 5.74) is 0.822. The van der Waals surface area contributed by atoms with Crippen molar-refractivity contribution < 1.29 is 0 Å². The molecule has 1 N–H and O–H groups in total. The second kappa shape index (κ2) is 5.97. The maximum absolute atomic E-state index is 6.10. The molecule has 4 heteroatoms. The van der Waals surface area contributed by atoms with Crippen molar-refractivity contribution in [1.82, 2.24) is 0 Å². The lowest BCUT2D eigenvalue weighted by molar-refractivity contribution is 0.690. The Morgan fingerprint density at radius 1 is 1.33 bits per heavy atom. The molecule has 0 saturated heterocycles. The van der Waals surface area contributed by atoms with E-state index < -0.39 is 0 Å². The van der Waals surface area contributed by atoms with Gasteiger partial charge in [-0.25, -0.2) is 0 Å². The van der Waals surface area contributed by atoms with Gasteiger partial charge in [0.1, 0.15) is 0 Å². The normalized spacial score (nSPS) is 12.6. The number of benzene rings is 1. The first-order chi connectivity index (χ1) is 7.04. The van der Waals surface area contributed by atoms with Gasteiger partial charge >= 0.3 is 0 Å². The van der Waals surface area contributed by atoms with Crippen LogP contribution in [0.2, 0.25) is 10.0 Å². The molecular weight excluding hydrogens is 297 g/mol. The van der Waals surface area contributed by atoms with Gasteiger partial charge in [0.2, 0.25) is 0 Å². The molecule has 0 fully saturated rings. The van der Waals surface area contributed by atoms with Gasteiger partial charge in [-0.3, -0.25) is 0 Å². The van der Waals surface area contributed by atoms with Gasteiger partial charge in [0, 0.05) is 10.5 Å². The van der Waals surface area contributed by atoms with Crippen LogP contribution in [0.5, 0.6) is 0 Å². The molecule has 1 aromatic rings. The Balaban J connectivity index is 2.85. The SMILES string of the molecule is CCCC(C)Nc1c(Cl)cc(Br)cc1Cl. The van der Waals surface area contributed by atoms with E-state index in [1.165, 1.54) is 0 Å². The molecule has 15 heavy (non-hydrogen) atoms. The summed E-state index contributed by atoms with van der Waals surface area (Å²) in [6.07, 6.45) is 2.24. The number of anilines is 1. The third-order valence-corrected chi connectivity index (χ3v) is 3.17. The average Bonchev–Trinajstić information content (AvgIpc) is 2.11. The minimum absolute atomic E-state index is 0.381. The molecule has 0 amide bonds. The number of hydrogen-bond donors (Lipinski definition) is 1. The predicted octanol–water partition coefficient (Wildman–Crippen LogP) is 5.36. The van der Waals surface area contributed by atoms with Crippen LogP contribution >= 0.6 is 39.1 Å². The van der Waals surface area contributed by atoms with E-state index in [0.717, 1.165) is 23.0 Å². The van der Waals surface area contributed by atoms with Crippen LogP contribution in [0.15, 0.2) is 16.6 Å². The number of hydrogen-bond acceptors (Lipinski definition) is 1. The molecule has 0 aliphatic carbocycles. The number of halogens is 3. The highest BCUT2D eigenvalue weighted by atomic mass is 79.9. The quantitative estimate of drug-likeness (QED) is 0.789. The van der Waals surface area contributed by atoms with Gasteiger partial charge in [0.25, 0.3) is 0 Å². The Kier molecular flexibility index (Phi) is 5.24. The molecule has 1 atom stereocenters. The van der Waals surface area contributed by atoms with E-state index >= 15 is 0 Å². The van der Waals surface area contributed by atoms with Crippen molar-refractivity contribution in [2.24, 2.45) is 0 Å². The zero-order valence-corrected chi connectivity index (χ0v) is 11.9. The van der Waals surface area contributed by atoms with Gasteiger partial charge < -0.3 is 5.32 Å². The van der Waals surface area contributed by atoms with Gasteiger partial charge in [-0.2, -0.15) is 0 Å². The summed E-state index contributed by atoms with van der Waals surface area (Å²) in [5, 5.41) is 4.62. The number of nitrogens with one attached hydrogen (secondary N) is 1. The van der Waals surface area contributed by atoms with E-state index in [0.29, 0.717) is 16.1 Å². The van der Waals surface area contributed by atoms with Gasteiger partial charge in [0.15, 0.2) is 0 Å². The van der Waals surface area contributed by atoms with Crippen LogP contribution in [0.1, 0.15) is 26.7 Å². The fourth-order valence-electron chi connectivity index (χ4n) is 1.43. The van der Waals surface area contributed by atoms with Gasteiger partial charge in [-0.1, -0.05) is 52.5 Å². The lowest BCUT2D eigenvalue weighted by atomic mass is 10.2. The van der Waals surface area contributed by atoms with Crippen LogP contribution < -0.4 is 5.32 Å². The molecule has 0 aromatic heterocycles. The summed E-state index contributed by atoms with van der Waals surface area (Å²) < 4.78 is 0.895. The standard InChI is InChI=1S/C11H14BrCl2N/c1-3-4-7(2)15-11-9(13)5-8(12)6-10(11)14/h5-7,15H,3-4H2,1-2H3. The second-order valence-corrected chi connectivity index (χ2v) is 5.31. The van der Waals surface area contributed by atoms with Crippen LogP contribution in [0, 0.1) is 0 Å². The van der Waals surface area contributed by atoms with Crippen molar-refractivity contribution in [2.45, 2.75) is 32.7 Å². The topological polar surface area (TPSA) is 12.0 Å². The van der Waals surface area contributed by atoms with E-state index in [4.69, 9.17) is 23.2 Å². The minimum Gasteiger partial charge on any atom is -0.380 e. The Morgan fingerprint density at radius 3 is 2.33 bits per heavy atom. The second-order valence-electron chi connectivity index (χ2n) is 3.58. The van der Waals surface area contributed by atoms with E-state index in [2.05, 4.69) is 35.1 Å². The molecule has 0 saturated carbocycles. The number of rotatable bonds is 4. The maximum atomic E-state index is 6.10. The highest BCUT2D eigenvalue weighted by Gasteiger charge is 2.09.